The fourth-order valence-electron chi connectivity index (χ4n) is 1.10. The summed E-state index contributed by atoms with van der Waals surface area (Å²) in [7, 11) is -4.19. The SMILES string of the molecule is Cc1ccccc1C(=O)NCP(=O)(O)O. The van der Waals surface area contributed by atoms with E-state index in [1.807, 2.05) is 0 Å². The van der Waals surface area contributed by atoms with E-state index in [1.165, 1.54) is 0 Å². The molecule has 6 heteroatoms. The van der Waals surface area contributed by atoms with Crippen LogP contribution in [0.3, 0.4) is 0 Å². The molecule has 0 aromatic heterocycles. The molecular formula is C9H12NO4P. The van der Waals surface area contributed by atoms with Crippen molar-refractivity contribution in [2.24, 2.45) is 0 Å². The summed E-state index contributed by atoms with van der Waals surface area (Å²) in [6.45, 7) is 1.76. The van der Waals surface area contributed by atoms with Crippen LogP contribution in [0.5, 0.6) is 0 Å². The highest BCUT2D eigenvalue weighted by Gasteiger charge is 2.15. The summed E-state index contributed by atoms with van der Waals surface area (Å²) in [6.07, 6.45) is -0.639. The number of nitrogens with one attached hydrogen (secondary N) is 1. The van der Waals surface area contributed by atoms with E-state index >= 15 is 0 Å². The Hall–Kier alpha value is -1.16. The summed E-state index contributed by atoms with van der Waals surface area (Å²) < 4.78 is 10.5. The number of carbonyl (C=O) groups excluding carboxylic acids is 1. The molecule has 5 nitrogen and oxygen atoms in total. The van der Waals surface area contributed by atoms with Crippen molar-refractivity contribution in [3.8, 4) is 0 Å². The van der Waals surface area contributed by atoms with E-state index in [2.05, 4.69) is 5.32 Å². The highest BCUT2D eigenvalue weighted by Crippen LogP contribution is 2.32. The Bertz CT molecular complexity index is 412. The number of amides is 1. The van der Waals surface area contributed by atoms with Crippen molar-refractivity contribution in [3.05, 3.63) is 35.4 Å². The van der Waals surface area contributed by atoms with E-state index < -0.39 is 19.8 Å². The first-order valence-electron chi connectivity index (χ1n) is 4.28. The third-order valence-electron chi connectivity index (χ3n) is 1.84. The summed E-state index contributed by atoms with van der Waals surface area (Å²) >= 11 is 0. The molecule has 0 aliphatic rings. The molecule has 0 saturated heterocycles. The Kier molecular flexibility index (Phi) is 3.63. The number of carbonyl (C=O) groups is 1. The first-order chi connectivity index (χ1) is 6.90. The fourth-order valence-corrected chi connectivity index (χ4v) is 1.45. The Balaban J connectivity index is 2.71. The maximum absolute atomic E-state index is 11.5. The molecule has 0 heterocycles. The molecule has 0 fully saturated rings. The molecule has 1 aromatic rings. The van der Waals surface area contributed by atoms with Crippen LogP contribution in [-0.4, -0.2) is 22.0 Å². The molecule has 0 spiro atoms. The lowest BCUT2D eigenvalue weighted by molar-refractivity contribution is 0.0956. The van der Waals surface area contributed by atoms with Gasteiger partial charge in [0.15, 0.2) is 0 Å². The van der Waals surface area contributed by atoms with Gasteiger partial charge in [-0.25, -0.2) is 0 Å². The van der Waals surface area contributed by atoms with Crippen molar-refractivity contribution in [1.82, 2.24) is 5.32 Å². The number of hydrogen-bond donors (Lipinski definition) is 3. The minimum Gasteiger partial charge on any atom is -0.340 e. The normalized spacial score (nSPS) is 11.1. The second kappa shape index (κ2) is 4.57. The van der Waals surface area contributed by atoms with Gasteiger partial charge < -0.3 is 15.1 Å². The molecule has 0 radical (unpaired) electrons. The lowest BCUT2D eigenvalue weighted by atomic mass is 10.1. The van der Waals surface area contributed by atoms with Crippen LogP contribution in [0.2, 0.25) is 0 Å². The quantitative estimate of drug-likeness (QED) is 0.671. The van der Waals surface area contributed by atoms with E-state index in [4.69, 9.17) is 9.79 Å². The minimum atomic E-state index is -4.19. The van der Waals surface area contributed by atoms with Crippen LogP contribution in [0.15, 0.2) is 24.3 Å². The number of benzene rings is 1. The zero-order chi connectivity index (χ0) is 11.5. The molecule has 15 heavy (non-hydrogen) atoms. The van der Waals surface area contributed by atoms with Gasteiger partial charge in [0.05, 0.1) is 0 Å². The van der Waals surface area contributed by atoms with Crippen LogP contribution in [-0.2, 0) is 4.57 Å². The van der Waals surface area contributed by atoms with E-state index in [9.17, 15) is 9.36 Å². The first-order valence-corrected chi connectivity index (χ1v) is 6.08. The Morgan fingerprint density at radius 3 is 2.53 bits per heavy atom. The third-order valence-corrected chi connectivity index (χ3v) is 2.41. The molecule has 0 saturated carbocycles. The van der Waals surface area contributed by atoms with Gasteiger partial charge in [-0.3, -0.25) is 9.36 Å². The molecular weight excluding hydrogens is 217 g/mol. The van der Waals surface area contributed by atoms with Crippen LogP contribution in [0.4, 0.5) is 0 Å². The Morgan fingerprint density at radius 1 is 1.40 bits per heavy atom. The number of hydrogen-bond acceptors (Lipinski definition) is 2. The highest BCUT2D eigenvalue weighted by atomic mass is 31.2. The Morgan fingerprint density at radius 2 is 2.00 bits per heavy atom. The molecule has 1 amide bonds. The average Bonchev–Trinajstić information content (AvgIpc) is 2.14. The second-order valence-corrected chi connectivity index (χ2v) is 4.79. The van der Waals surface area contributed by atoms with Crippen LogP contribution < -0.4 is 5.32 Å². The van der Waals surface area contributed by atoms with Gasteiger partial charge >= 0.3 is 7.60 Å². The summed E-state index contributed by atoms with van der Waals surface area (Å²) in [6, 6.07) is 6.84. The third kappa shape index (κ3) is 3.83. The first kappa shape index (κ1) is 11.9. The van der Waals surface area contributed by atoms with Gasteiger partial charge in [0.1, 0.15) is 6.29 Å². The van der Waals surface area contributed by atoms with Crippen molar-refractivity contribution in [1.29, 1.82) is 0 Å². The van der Waals surface area contributed by atoms with Crippen LogP contribution in [0, 0.1) is 6.92 Å². The summed E-state index contributed by atoms with van der Waals surface area (Å²) in [4.78, 5) is 28.6. The zero-order valence-electron chi connectivity index (χ0n) is 8.17. The van der Waals surface area contributed by atoms with E-state index in [0.717, 1.165) is 5.56 Å². The van der Waals surface area contributed by atoms with Crippen molar-refractivity contribution in [3.63, 3.8) is 0 Å². The van der Waals surface area contributed by atoms with Crippen molar-refractivity contribution >= 4 is 13.5 Å². The van der Waals surface area contributed by atoms with Gasteiger partial charge in [-0.05, 0) is 18.6 Å². The highest BCUT2D eigenvalue weighted by molar-refractivity contribution is 7.51. The van der Waals surface area contributed by atoms with Crippen LogP contribution in [0.25, 0.3) is 0 Å². The van der Waals surface area contributed by atoms with Gasteiger partial charge in [-0.1, -0.05) is 18.2 Å². The molecule has 1 aromatic carbocycles. The molecule has 0 unspecified atom stereocenters. The summed E-state index contributed by atoms with van der Waals surface area (Å²) in [5.41, 5.74) is 1.19. The standard InChI is InChI=1S/C9H12NO4P/c1-7-4-2-3-5-8(7)9(11)10-6-15(12,13)14/h2-5H,6H2,1H3,(H,10,11)(H2,12,13,14). The largest absolute Gasteiger partial charge is 0.344 e. The summed E-state index contributed by atoms with van der Waals surface area (Å²) in [5.74, 6) is -0.476. The minimum absolute atomic E-state index is 0.422. The molecule has 0 bridgehead atoms. The molecule has 0 aliphatic carbocycles. The van der Waals surface area contributed by atoms with E-state index in [1.54, 1.807) is 31.2 Å². The molecule has 0 aliphatic heterocycles. The van der Waals surface area contributed by atoms with Gasteiger partial charge in [0.2, 0.25) is 0 Å². The molecule has 0 atom stereocenters. The number of rotatable bonds is 3. The number of aryl methyl sites for hydroxylation is 1. The maximum Gasteiger partial charge on any atom is 0.344 e. The second-order valence-electron chi connectivity index (χ2n) is 3.14. The predicted molar refractivity (Wildman–Crippen MR) is 55.6 cm³/mol. The van der Waals surface area contributed by atoms with Gasteiger partial charge in [-0.15, -0.1) is 0 Å². The van der Waals surface area contributed by atoms with Crippen LogP contribution >= 0.6 is 7.60 Å². The van der Waals surface area contributed by atoms with Gasteiger partial charge in [0.25, 0.3) is 5.91 Å². The van der Waals surface area contributed by atoms with Crippen molar-refractivity contribution in [2.75, 3.05) is 6.29 Å². The lowest BCUT2D eigenvalue weighted by Gasteiger charge is -2.08. The Labute approximate surface area is 87.3 Å². The topological polar surface area (TPSA) is 86.6 Å². The van der Waals surface area contributed by atoms with E-state index in [-0.39, 0.29) is 0 Å². The van der Waals surface area contributed by atoms with Crippen molar-refractivity contribution in [2.45, 2.75) is 6.92 Å². The van der Waals surface area contributed by atoms with Crippen molar-refractivity contribution < 1.29 is 19.1 Å². The average molecular weight is 229 g/mol. The van der Waals surface area contributed by atoms with Crippen LogP contribution in [0.1, 0.15) is 15.9 Å². The summed E-state index contributed by atoms with van der Waals surface area (Å²) in [5, 5.41) is 2.18. The van der Waals surface area contributed by atoms with Gasteiger partial charge in [0, 0.05) is 5.56 Å². The predicted octanol–water partition coefficient (Wildman–Crippen LogP) is 0.860. The maximum atomic E-state index is 11.5. The lowest BCUT2D eigenvalue weighted by Crippen LogP contribution is -2.25. The smallest absolute Gasteiger partial charge is 0.340 e. The molecule has 82 valence electrons. The van der Waals surface area contributed by atoms with Gasteiger partial charge in [-0.2, -0.15) is 0 Å². The fraction of sp³-hybridized carbons (Fsp3) is 0.222. The van der Waals surface area contributed by atoms with E-state index in [0.29, 0.717) is 5.56 Å². The molecule has 1 rings (SSSR count). The zero-order valence-corrected chi connectivity index (χ0v) is 9.07. The monoisotopic (exact) mass is 229 g/mol. The molecule has 3 N–H and O–H groups in total.